The van der Waals surface area contributed by atoms with Crippen LogP contribution in [0.25, 0.3) is 0 Å². The van der Waals surface area contributed by atoms with Gasteiger partial charge in [0.15, 0.2) is 0 Å². The zero-order chi connectivity index (χ0) is 16.9. The van der Waals surface area contributed by atoms with E-state index < -0.39 is 6.17 Å². The van der Waals surface area contributed by atoms with Crippen LogP contribution in [-0.4, -0.2) is 54.5 Å². The molecule has 4 rings (SSSR count). The van der Waals surface area contributed by atoms with Gasteiger partial charge in [0.1, 0.15) is 18.4 Å². The van der Waals surface area contributed by atoms with E-state index in [0.717, 1.165) is 32.2 Å². The van der Waals surface area contributed by atoms with Gasteiger partial charge < -0.3 is 9.47 Å². The summed E-state index contributed by atoms with van der Waals surface area (Å²) in [6.07, 6.45) is 6.03. The highest BCUT2D eigenvalue weighted by molar-refractivity contribution is 5.75. The van der Waals surface area contributed by atoms with E-state index in [1.54, 1.807) is 0 Å². The fourth-order valence-electron chi connectivity index (χ4n) is 4.78. The highest BCUT2D eigenvalue weighted by atomic mass is 19.1. The van der Waals surface area contributed by atoms with E-state index in [4.69, 9.17) is 9.47 Å². The predicted octanol–water partition coefficient (Wildman–Crippen LogP) is 2.87. The minimum atomic E-state index is -0.748. The van der Waals surface area contributed by atoms with Crippen LogP contribution in [0.15, 0.2) is 11.6 Å². The Morgan fingerprint density at radius 1 is 1.42 bits per heavy atom. The molecule has 0 unspecified atom stereocenters. The highest BCUT2D eigenvalue weighted by Gasteiger charge is 2.62. The quantitative estimate of drug-likeness (QED) is 0.441. The molecule has 3 heterocycles. The standard InChI is InChI=1S/C19H28FNO3/c1-12-4-3-8-19(2)17(24-19)16-14(6-5-12)15(18(22)23-16)11-21-9-7-13(20)10-21/h4,13-17H,3,5-11H2,1-2H3/t13-,14-,15-,16-,17-,19+/m0/s1. The Bertz CT molecular complexity index is 551. The van der Waals surface area contributed by atoms with Gasteiger partial charge in [-0.3, -0.25) is 9.69 Å². The number of halogens is 1. The van der Waals surface area contributed by atoms with Crippen molar-refractivity contribution in [3.8, 4) is 0 Å². The third-order valence-corrected chi connectivity index (χ3v) is 6.41. The van der Waals surface area contributed by atoms with Crippen molar-refractivity contribution in [1.29, 1.82) is 0 Å². The van der Waals surface area contributed by atoms with Gasteiger partial charge in [0.2, 0.25) is 0 Å². The lowest BCUT2D eigenvalue weighted by atomic mass is 9.80. The summed E-state index contributed by atoms with van der Waals surface area (Å²) in [7, 11) is 0. The molecular formula is C19H28FNO3. The number of alkyl halides is 1. The van der Waals surface area contributed by atoms with Gasteiger partial charge in [-0.2, -0.15) is 0 Å². The van der Waals surface area contributed by atoms with E-state index in [9.17, 15) is 9.18 Å². The first-order chi connectivity index (χ1) is 11.5. The van der Waals surface area contributed by atoms with Crippen molar-refractivity contribution in [3.63, 3.8) is 0 Å². The minimum Gasteiger partial charge on any atom is -0.459 e. The zero-order valence-corrected chi connectivity index (χ0v) is 14.7. The molecule has 3 fully saturated rings. The summed E-state index contributed by atoms with van der Waals surface area (Å²) in [4.78, 5) is 14.6. The highest BCUT2D eigenvalue weighted by Crippen LogP contribution is 2.50. The van der Waals surface area contributed by atoms with Crippen LogP contribution in [0.2, 0.25) is 0 Å². The number of esters is 1. The van der Waals surface area contributed by atoms with Crippen molar-refractivity contribution in [2.24, 2.45) is 11.8 Å². The number of epoxide rings is 1. The van der Waals surface area contributed by atoms with Crippen molar-refractivity contribution in [1.82, 2.24) is 4.90 Å². The van der Waals surface area contributed by atoms with Crippen LogP contribution in [0.3, 0.4) is 0 Å². The topological polar surface area (TPSA) is 42.1 Å². The Morgan fingerprint density at radius 2 is 2.25 bits per heavy atom. The predicted molar refractivity (Wildman–Crippen MR) is 88.3 cm³/mol. The van der Waals surface area contributed by atoms with E-state index in [2.05, 4.69) is 24.8 Å². The number of nitrogens with zero attached hydrogens (tertiary/aromatic N) is 1. The number of fused-ring (bicyclic) bond motifs is 3. The lowest BCUT2D eigenvalue weighted by Gasteiger charge is -2.25. The Labute approximate surface area is 143 Å². The number of carbonyl (C=O) groups is 1. The molecule has 6 atom stereocenters. The second kappa shape index (κ2) is 6.10. The molecule has 3 aliphatic heterocycles. The number of hydrogen-bond acceptors (Lipinski definition) is 4. The Hall–Kier alpha value is -0.940. The fraction of sp³-hybridized carbons (Fsp3) is 0.842. The second-order valence-corrected chi connectivity index (χ2v) is 8.30. The van der Waals surface area contributed by atoms with Gasteiger partial charge in [-0.1, -0.05) is 11.6 Å². The van der Waals surface area contributed by atoms with E-state index in [-0.39, 0.29) is 35.6 Å². The molecule has 4 nitrogen and oxygen atoms in total. The van der Waals surface area contributed by atoms with Gasteiger partial charge in [0, 0.05) is 25.6 Å². The second-order valence-electron chi connectivity index (χ2n) is 8.30. The van der Waals surface area contributed by atoms with E-state index in [1.807, 2.05) is 0 Å². The molecule has 3 saturated heterocycles. The molecule has 0 radical (unpaired) electrons. The van der Waals surface area contributed by atoms with Crippen LogP contribution in [0.5, 0.6) is 0 Å². The average molecular weight is 337 g/mol. The Morgan fingerprint density at radius 3 is 3.00 bits per heavy atom. The maximum Gasteiger partial charge on any atom is 0.311 e. The lowest BCUT2D eigenvalue weighted by Crippen LogP contribution is -2.36. The summed E-state index contributed by atoms with van der Waals surface area (Å²) in [5.74, 6) is -0.0588. The molecule has 24 heavy (non-hydrogen) atoms. The number of carbonyl (C=O) groups excluding carboxylic acids is 1. The van der Waals surface area contributed by atoms with Crippen LogP contribution in [0.1, 0.15) is 46.0 Å². The molecule has 1 aliphatic carbocycles. The zero-order valence-electron chi connectivity index (χ0n) is 14.7. The molecule has 4 aliphatic rings. The molecule has 134 valence electrons. The summed E-state index contributed by atoms with van der Waals surface area (Å²) in [6, 6.07) is 0. The SMILES string of the molecule is CC1=CCC[C@@]2(C)O[C@H]2[C@H]2OC(=O)[C@@H](CN3CC[C@H](F)C3)[C@@H]2CC1. The molecule has 5 heteroatoms. The van der Waals surface area contributed by atoms with E-state index in [1.165, 1.54) is 5.57 Å². The van der Waals surface area contributed by atoms with Gasteiger partial charge in [-0.25, -0.2) is 4.39 Å². The third kappa shape index (κ3) is 3.01. The van der Waals surface area contributed by atoms with Gasteiger partial charge in [0.05, 0.1) is 11.5 Å². The van der Waals surface area contributed by atoms with Crippen molar-refractivity contribution in [2.45, 2.75) is 69.9 Å². The summed E-state index contributed by atoms with van der Waals surface area (Å²) in [5, 5.41) is 0. The lowest BCUT2D eigenvalue weighted by molar-refractivity contribution is -0.145. The molecule has 0 saturated carbocycles. The molecular weight excluding hydrogens is 309 g/mol. The maximum atomic E-state index is 13.5. The van der Waals surface area contributed by atoms with Gasteiger partial charge >= 0.3 is 5.97 Å². The van der Waals surface area contributed by atoms with Crippen LogP contribution in [-0.2, 0) is 14.3 Å². The molecule has 0 bridgehead atoms. The average Bonchev–Trinajstić information content (AvgIpc) is 2.85. The molecule has 0 aromatic carbocycles. The molecule has 0 spiro atoms. The van der Waals surface area contributed by atoms with Crippen molar-refractivity contribution in [2.75, 3.05) is 19.6 Å². The summed E-state index contributed by atoms with van der Waals surface area (Å²) in [6.45, 7) is 6.14. The van der Waals surface area contributed by atoms with Gasteiger partial charge in [0.25, 0.3) is 0 Å². The largest absolute Gasteiger partial charge is 0.459 e. The molecule has 0 N–H and O–H groups in total. The van der Waals surface area contributed by atoms with Crippen molar-refractivity contribution in [3.05, 3.63) is 11.6 Å². The van der Waals surface area contributed by atoms with Crippen LogP contribution < -0.4 is 0 Å². The number of allylic oxidation sites excluding steroid dienone is 2. The van der Waals surface area contributed by atoms with Gasteiger partial charge in [-0.15, -0.1) is 0 Å². The van der Waals surface area contributed by atoms with Crippen LogP contribution in [0.4, 0.5) is 4.39 Å². The molecule has 0 aromatic heterocycles. The number of rotatable bonds is 2. The van der Waals surface area contributed by atoms with E-state index >= 15 is 0 Å². The fourth-order valence-corrected chi connectivity index (χ4v) is 4.78. The molecule has 0 aromatic rings. The van der Waals surface area contributed by atoms with Crippen LogP contribution >= 0.6 is 0 Å². The minimum absolute atomic E-state index is 0.0377. The van der Waals surface area contributed by atoms with Gasteiger partial charge in [-0.05, 0) is 46.0 Å². The number of hydrogen-bond donors (Lipinski definition) is 0. The molecule has 0 amide bonds. The Balaban J connectivity index is 1.52. The first-order valence-corrected chi connectivity index (χ1v) is 9.37. The summed E-state index contributed by atoms with van der Waals surface area (Å²) >= 11 is 0. The first-order valence-electron chi connectivity index (χ1n) is 9.37. The third-order valence-electron chi connectivity index (χ3n) is 6.41. The monoisotopic (exact) mass is 337 g/mol. The smallest absolute Gasteiger partial charge is 0.311 e. The first kappa shape index (κ1) is 16.5. The summed E-state index contributed by atoms with van der Waals surface area (Å²) < 4.78 is 25.3. The maximum absolute atomic E-state index is 13.5. The number of likely N-dealkylation sites (tertiary alicyclic amines) is 1. The van der Waals surface area contributed by atoms with Crippen LogP contribution in [0, 0.1) is 11.8 Å². The Kier molecular flexibility index (Phi) is 4.20. The van der Waals surface area contributed by atoms with E-state index in [0.29, 0.717) is 19.5 Å². The number of ether oxygens (including phenoxy) is 2. The van der Waals surface area contributed by atoms with Crippen molar-refractivity contribution < 1.29 is 18.7 Å². The normalized spacial score (nSPS) is 46.0. The summed E-state index contributed by atoms with van der Waals surface area (Å²) in [5.41, 5.74) is 1.24. The van der Waals surface area contributed by atoms with Crippen molar-refractivity contribution >= 4 is 5.97 Å².